The molecule has 318 valence electrons. The topological polar surface area (TPSA) is 166 Å². The van der Waals surface area contributed by atoms with Gasteiger partial charge in [0.1, 0.15) is 5.82 Å². The molecule has 1 aromatic carbocycles. The van der Waals surface area contributed by atoms with Gasteiger partial charge in [-0.1, -0.05) is 71.4 Å². The number of methoxy groups -OCH3 is 2. The van der Waals surface area contributed by atoms with Crippen LogP contribution in [-0.2, 0) is 35.2 Å². The van der Waals surface area contributed by atoms with Crippen LogP contribution >= 0.6 is 0 Å². The van der Waals surface area contributed by atoms with E-state index in [1.165, 1.54) is 0 Å². The number of ether oxygens (including phenoxy) is 2. The molecule has 2 aromatic rings. The number of pyridine rings is 1. The largest absolute Gasteiger partial charge is 0.386 e. The van der Waals surface area contributed by atoms with Gasteiger partial charge in [-0.15, -0.1) is 0 Å². The molecular weight excluding hydrogens is 727 g/mol. The Morgan fingerprint density at radius 2 is 1.68 bits per heavy atom. The van der Waals surface area contributed by atoms with Crippen molar-refractivity contribution in [1.29, 1.82) is 0 Å². The summed E-state index contributed by atoms with van der Waals surface area (Å²) < 4.78 is 11.9. The van der Waals surface area contributed by atoms with Gasteiger partial charge in [-0.3, -0.25) is 24.1 Å². The average Bonchev–Trinajstić information content (AvgIpc) is 3.69. The quantitative estimate of drug-likeness (QED) is 0.138. The molecule has 14 heteroatoms. The van der Waals surface area contributed by atoms with Crippen LogP contribution in [0, 0.1) is 17.8 Å². The van der Waals surface area contributed by atoms with E-state index < -0.39 is 42.4 Å². The Kier molecular flexibility index (Phi) is 18.8. The lowest BCUT2D eigenvalue weighted by Gasteiger charge is -2.39. The summed E-state index contributed by atoms with van der Waals surface area (Å²) in [4.78, 5) is 64.6. The Hall–Kier alpha value is -4.11. The van der Waals surface area contributed by atoms with Crippen molar-refractivity contribution in [3.8, 4) is 0 Å². The van der Waals surface area contributed by atoms with Crippen molar-refractivity contribution in [2.45, 2.75) is 116 Å². The minimum absolute atomic E-state index is 0.0216. The number of carbonyl (C=O) groups is 4. The molecule has 9 atom stereocenters. The van der Waals surface area contributed by atoms with Crippen LogP contribution in [0.4, 0.5) is 5.82 Å². The third kappa shape index (κ3) is 12.7. The number of carbonyl (C=O) groups excluding carboxylic acids is 4. The van der Waals surface area contributed by atoms with Crippen molar-refractivity contribution < 1.29 is 33.8 Å². The fourth-order valence-electron chi connectivity index (χ4n) is 8.20. The molecule has 4 amide bonds. The van der Waals surface area contributed by atoms with Gasteiger partial charge in [-0.05, 0) is 61.9 Å². The molecule has 1 saturated heterocycles. The van der Waals surface area contributed by atoms with Crippen LogP contribution in [0.1, 0.15) is 84.5 Å². The van der Waals surface area contributed by atoms with Crippen LogP contribution in [0.25, 0.3) is 0 Å². The smallest absolute Gasteiger partial charge is 0.242 e. The summed E-state index contributed by atoms with van der Waals surface area (Å²) in [6.45, 7) is 12.4. The maximum atomic E-state index is 14.1. The van der Waals surface area contributed by atoms with Gasteiger partial charge in [0.2, 0.25) is 23.6 Å². The van der Waals surface area contributed by atoms with Gasteiger partial charge >= 0.3 is 0 Å². The van der Waals surface area contributed by atoms with Gasteiger partial charge in [0.25, 0.3) is 0 Å². The van der Waals surface area contributed by atoms with Gasteiger partial charge in [0.15, 0.2) is 0 Å². The monoisotopic (exact) mass is 796 g/mol. The molecule has 1 fully saturated rings. The summed E-state index contributed by atoms with van der Waals surface area (Å²) in [6, 6.07) is 11.2. The second-order valence-corrected chi connectivity index (χ2v) is 15.9. The SMILES string of the molecule is CCC(C)C(C(CC(=O)N1CCCC1C(OC)C(C)C(=O)NC(C)[C@@H](O)c1ccccc1)OC)N(C)C(=O)CNC(=O)C(C(C)C)N(C)Cc1ccnc(NC)c1. The zero-order valence-corrected chi connectivity index (χ0v) is 36.0. The predicted octanol–water partition coefficient (Wildman–Crippen LogP) is 3.85. The number of amides is 4. The Bertz CT molecular complexity index is 1580. The van der Waals surface area contributed by atoms with Crippen molar-refractivity contribution in [3.63, 3.8) is 0 Å². The third-order valence-corrected chi connectivity index (χ3v) is 11.6. The van der Waals surface area contributed by atoms with E-state index in [0.29, 0.717) is 25.1 Å². The van der Waals surface area contributed by atoms with E-state index in [1.54, 1.807) is 51.1 Å². The lowest BCUT2D eigenvalue weighted by Crippen LogP contribution is -2.55. The number of likely N-dealkylation sites (N-methyl/N-ethyl adjacent to an activating group) is 2. The molecule has 4 N–H and O–H groups in total. The van der Waals surface area contributed by atoms with Gasteiger partial charge < -0.3 is 40.3 Å². The molecular formula is C43H69N7O7. The zero-order valence-electron chi connectivity index (χ0n) is 36.0. The fraction of sp³-hybridized carbons (Fsp3) is 0.651. The lowest BCUT2D eigenvalue weighted by molar-refractivity contribution is -0.146. The first-order chi connectivity index (χ1) is 27.1. The molecule has 0 aliphatic carbocycles. The second kappa shape index (κ2) is 22.7. The highest BCUT2D eigenvalue weighted by atomic mass is 16.5. The summed E-state index contributed by atoms with van der Waals surface area (Å²) in [5.41, 5.74) is 1.71. The summed E-state index contributed by atoms with van der Waals surface area (Å²) in [6.07, 6.45) is 1.81. The number of rotatable bonds is 22. The Morgan fingerprint density at radius 1 is 1.00 bits per heavy atom. The fourth-order valence-corrected chi connectivity index (χ4v) is 8.20. The van der Waals surface area contributed by atoms with E-state index in [9.17, 15) is 24.3 Å². The predicted molar refractivity (Wildman–Crippen MR) is 222 cm³/mol. The number of aliphatic hydroxyl groups is 1. The second-order valence-electron chi connectivity index (χ2n) is 15.9. The number of nitrogens with zero attached hydrogens (tertiary/aromatic N) is 4. The Morgan fingerprint density at radius 3 is 2.28 bits per heavy atom. The van der Waals surface area contributed by atoms with Gasteiger partial charge in [-0.2, -0.15) is 0 Å². The van der Waals surface area contributed by atoms with Gasteiger partial charge in [-0.25, -0.2) is 4.98 Å². The third-order valence-electron chi connectivity index (χ3n) is 11.6. The average molecular weight is 796 g/mol. The maximum absolute atomic E-state index is 14.1. The van der Waals surface area contributed by atoms with Gasteiger partial charge in [0, 0.05) is 47.6 Å². The van der Waals surface area contributed by atoms with Crippen LogP contribution in [0.2, 0.25) is 0 Å². The molecule has 1 aliphatic heterocycles. The summed E-state index contributed by atoms with van der Waals surface area (Å²) in [5.74, 6) is -0.861. The number of anilines is 1. The number of aliphatic hydroxyl groups excluding tert-OH is 1. The Labute approximate surface area is 340 Å². The lowest BCUT2D eigenvalue weighted by atomic mass is 9.90. The molecule has 1 aromatic heterocycles. The van der Waals surface area contributed by atoms with Gasteiger partial charge in [0.05, 0.1) is 61.4 Å². The minimum Gasteiger partial charge on any atom is -0.386 e. The molecule has 3 rings (SSSR count). The summed E-state index contributed by atoms with van der Waals surface area (Å²) >= 11 is 0. The molecule has 0 saturated carbocycles. The first kappa shape index (κ1) is 47.3. The van der Waals surface area contributed by atoms with E-state index in [0.717, 1.165) is 24.2 Å². The van der Waals surface area contributed by atoms with Crippen LogP contribution in [0.5, 0.6) is 0 Å². The number of hydrogen-bond donors (Lipinski definition) is 4. The number of hydrogen-bond acceptors (Lipinski definition) is 10. The van der Waals surface area contributed by atoms with Crippen LogP contribution < -0.4 is 16.0 Å². The molecule has 14 nitrogen and oxygen atoms in total. The summed E-state index contributed by atoms with van der Waals surface area (Å²) in [7, 11) is 8.50. The van der Waals surface area contributed by atoms with Crippen molar-refractivity contribution in [1.82, 2.24) is 30.3 Å². The van der Waals surface area contributed by atoms with E-state index >= 15 is 0 Å². The van der Waals surface area contributed by atoms with Crippen LogP contribution in [0.3, 0.4) is 0 Å². The van der Waals surface area contributed by atoms with Crippen molar-refractivity contribution >= 4 is 29.4 Å². The molecule has 57 heavy (non-hydrogen) atoms. The first-order valence-corrected chi connectivity index (χ1v) is 20.3. The van der Waals surface area contributed by atoms with Crippen LogP contribution in [0.15, 0.2) is 48.7 Å². The number of nitrogens with one attached hydrogen (secondary N) is 3. The minimum atomic E-state index is -0.882. The standard InChI is InChI=1S/C43H69N7O7/c1-12-28(4)39(49(9)37(52)25-46-43(55)38(27(2)3)48(8)26-31-20-21-45-35(23-31)44-7)34(56-10)24-36(51)50-22-16-19-33(50)41(57-11)29(5)42(54)47-30(6)40(53)32-17-14-13-15-18-32/h13-15,17-18,20-21,23,27-30,33-34,38-41,53H,12,16,19,22,24-26H2,1-11H3,(H,44,45)(H,46,55)(H,47,54)/t28?,29?,30?,33?,34?,38?,39?,40-,41?/m1/s1. The molecule has 1 aliphatic rings. The Balaban J connectivity index is 1.68. The number of aromatic nitrogens is 1. The molecule has 0 bridgehead atoms. The van der Waals surface area contributed by atoms with Crippen molar-refractivity contribution in [2.24, 2.45) is 17.8 Å². The van der Waals surface area contributed by atoms with E-state index in [4.69, 9.17) is 9.47 Å². The molecule has 0 spiro atoms. The molecule has 2 heterocycles. The first-order valence-electron chi connectivity index (χ1n) is 20.3. The highest BCUT2D eigenvalue weighted by Gasteiger charge is 2.42. The van der Waals surface area contributed by atoms with E-state index in [2.05, 4.69) is 20.9 Å². The van der Waals surface area contributed by atoms with Crippen LogP contribution in [-0.4, -0.2) is 133 Å². The summed E-state index contributed by atoms with van der Waals surface area (Å²) in [5, 5.41) is 19.7. The van der Waals surface area contributed by atoms with Crippen molar-refractivity contribution in [3.05, 3.63) is 59.8 Å². The molecule has 0 radical (unpaired) electrons. The maximum Gasteiger partial charge on any atom is 0.242 e. The number of likely N-dealkylation sites (tertiary alicyclic amines) is 1. The highest BCUT2D eigenvalue weighted by Crippen LogP contribution is 2.30. The molecule has 8 unspecified atom stereocenters. The number of benzene rings is 1. The highest BCUT2D eigenvalue weighted by molar-refractivity contribution is 5.88. The van der Waals surface area contributed by atoms with Crippen molar-refractivity contribution in [2.75, 3.05) is 53.8 Å². The zero-order chi connectivity index (χ0) is 42.4. The normalized spacial score (nSPS) is 18.6. The van der Waals surface area contributed by atoms with E-state index in [1.807, 2.05) is 89.2 Å². The van der Waals surface area contributed by atoms with E-state index in [-0.39, 0.29) is 54.5 Å².